The molecule has 3 aromatic rings. The molecule has 3 heterocycles. The molecule has 0 unspecified atom stereocenters. The van der Waals surface area contributed by atoms with Gasteiger partial charge in [0, 0.05) is 25.0 Å². The standard InChI is InChI=1S/C21H24N6O3/c1-14(19(28)24-15-6-8-16(30-2)9-7-15)27-13-23-18-17(20(27)29)12-22-21(25-18)26-10-4-3-5-11-26/h6-9,12-14H,3-5,10-11H2,1-2H3,(H,24,28)/t14-/m1/s1. The summed E-state index contributed by atoms with van der Waals surface area (Å²) in [6.07, 6.45) is 6.31. The second-order valence-electron chi connectivity index (χ2n) is 7.31. The minimum absolute atomic E-state index is 0.294. The van der Waals surface area contributed by atoms with Crippen molar-refractivity contribution in [2.45, 2.75) is 32.2 Å². The second kappa shape index (κ2) is 8.48. The number of hydrogen-bond donors (Lipinski definition) is 1. The summed E-state index contributed by atoms with van der Waals surface area (Å²) in [5, 5.41) is 3.09. The number of nitrogens with one attached hydrogen (secondary N) is 1. The molecule has 2 aromatic heterocycles. The van der Waals surface area contributed by atoms with Gasteiger partial charge in [0.05, 0.1) is 7.11 Å². The maximum absolute atomic E-state index is 12.9. The molecule has 0 aliphatic carbocycles. The molecule has 0 radical (unpaired) electrons. The van der Waals surface area contributed by atoms with Crippen molar-refractivity contribution in [3.8, 4) is 5.75 Å². The van der Waals surface area contributed by atoms with Crippen LogP contribution in [0.1, 0.15) is 32.2 Å². The van der Waals surface area contributed by atoms with E-state index in [0.29, 0.717) is 28.4 Å². The molecule has 1 N–H and O–H groups in total. The Kier molecular flexibility index (Phi) is 5.60. The van der Waals surface area contributed by atoms with Crippen LogP contribution in [0.25, 0.3) is 11.0 Å². The highest BCUT2D eigenvalue weighted by atomic mass is 16.5. The molecule has 1 atom stereocenters. The van der Waals surface area contributed by atoms with Gasteiger partial charge in [-0.3, -0.25) is 14.2 Å². The first-order chi connectivity index (χ1) is 14.6. The molecule has 0 saturated carbocycles. The summed E-state index contributed by atoms with van der Waals surface area (Å²) >= 11 is 0. The molecule has 9 heteroatoms. The molecule has 156 valence electrons. The van der Waals surface area contributed by atoms with E-state index < -0.39 is 6.04 Å². The largest absolute Gasteiger partial charge is 0.497 e. The first-order valence-corrected chi connectivity index (χ1v) is 10.0. The molecule has 0 spiro atoms. The molecule has 1 fully saturated rings. The lowest BCUT2D eigenvalue weighted by Gasteiger charge is -2.26. The van der Waals surface area contributed by atoms with Gasteiger partial charge in [0.1, 0.15) is 23.5 Å². The highest BCUT2D eigenvalue weighted by Crippen LogP contribution is 2.18. The predicted molar refractivity (Wildman–Crippen MR) is 114 cm³/mol. The van der Waals surface area contributed by atoms with Crippen molar-refractivity contribution < 1.29 is 9.53 Å². The number of nitrogens with zero attached hydrogens (tertiary/aromatic N) is 5. The maximum Gasteiger partial charge on any atom is 0.265 e. The lowest BCUT2D eigenvalue weighted by molar-refractivity contribution is -0.118. The third-order valence-corrected chi connectivity index (χ3v) is 5.32. The van der Waals surface area contributed by atoms with Gasteiger partial charge in [0.2, 0.25) is 11.9 Å². The van der Waals surface area contributed by atoms with E-state index in [0.717, 1.165) is 25.9 Å². The van der Waals surface area contributed by atoms with Crippen LogP contribution in [-0.4, -0.2) is 45.6 Å². The fourth-order valence-electron chi connectivity index (χ4n) is 3.49. The molecule has 1 aliphatic rings. The van der Waals surface area contributed by atoms with Crippen LogP contribution >= 0.6 is 0 Å². The van der Waals surface area contributed by atoms with Crippen LogP contribution in [0.2, 0.25) is 0 Å². The number of fused-ring (bicyclic) bond motifs is 1. The highest BCUT2D eigenvalue weighted by Gasteiger charge is 2.20. The Balaban J connectivity index is 1.56. The molecule has 4 rings (SSSR count). The zero-order valence-corrected chi connectivity index (χ0v) is 17.0. The fourth-order valence-corrected chi connectivity index (χ4v) is 3.49. The van der Waals surface area contributed by atoms with Crippen LogP contribution in [0.15, 0.2) is 41.6 Å². The average Bonchev–Trinajstić information content (AvgIpc) is 2.79. The van der Waals surface area contributed by atoms with Crippen molar-refractivity contribution in [1.82, 2.24) is 19.5 Å². The van der Waals surface area contributed by atoms with Gasteiger partial charge in [0.25, 0.3) is 5.56 Å². The Morgan fingerprint density at radius 2 is 1.87 bits per heavy atom. The molecule has 9 nitrogen and oxygen atoms in total. The van der Waals surface area contributed by atoms with Gasteiger partial charge in [-0.1, -0.05) is 0 Å². The molecule has 30 heavy (non-hydrogen) atoms. The smallest absolute Gasteiger partial charge is 0.265 e. The number of carbonyl (C=O) groups is 1. The lowest BCUT2D eigenvalue weighted by atomic mass is 10.1. The summed E-state index contributed by atoms with van der Waals surface area (Å²) in [7, 11) is 1.58. The molecular weight excluding hydrogens is 384 g/mol. The monoisotopic (exact) mass is 408 g/mol. The van der Waals surface area contributed by atoms with E-state index in [9.17, 15) is 9.59 Å². The first-order valence-electron chi connectivity index (χ1n) is 10.0. The number of amides is 1. The van der Waals surface area contributed by atoms with E-state index in [2.05, 4.69) is 25.2 Å². The summed E-state index contributed by atoms with van der Waals surface area (Å²) in [4.78, 5) is 40.8. The number of rotatable bonds is 5. The summed E-state index contributed by atoms with van der Waals surface area (Å²) in [6.45, 7) is 3.47. The number of aromatic nitrogens is 4. The molecule has 1 saturated heterocycles. The quantitative estimate of drug-likeness (QED) is 0.691. The Morgan fingerprint density at radius 1 is 1.13 bits per heavy atom. The van der Waals surface area contributed by atoms with Gasteiger partial charge >= 0.3 is 0 Å². The van der Waals surface area contributed by atoms with Crippen LogP contribution in [0.4, 0.5) is 11.6 Å². The molecular formula is C21H24N6O3. The molecule has 1 amide bonds. The highest BCUT2D eigenvalue weighted by molar-refractivity contribution is 5.93. The van der Waals surface area contributed by atoms with Gasteiger partial charge in [-0.05, 0) is 50.5 Å². The summed E-state index contributed by atoms with van der Waals surface area (Å²) in [5.74, 6) is 0.964. The number of hydrogen-bond acceptors (Lipinski definition) is 7. The van der Waals surface area contributed by atoms with Crippen molar-refractivity contribution in [1.29, 1.82) is 0 Å². The third-order valence-electron chi connectivity index (χ3n) is 5.32. The van der Waals surface area contributed by atoms with E-state index in [1.807, 2.05) is 0 Å². The molecule has 1 aliphatic heterocycles. The van der Waals surface area contributed by atoms with Crippen LogP contribution in [0, 0.1) is 0 Å². The number of piperidine rings is 1. The Hall–Kier alpha value is -3.49. The van der Waals surface area contributed by atoms with E-state index in [1.165, 1.54) is 23.5 Å². The maximum atomic E-state index is 12.9. The van der Waals surface area contributed by atoms with Gasteiger partial charge in [-0.25, -0.2) is 9.97 Å². The zero-order valence-electron chi connectivity index (χ0n) is 17.0. The van der Waals surface area contributed by atoms with E-state index in [1.54, 1.807) is 38.3 Å². The number of carbonyl (C=O) groups excluding carboxylic acids is 1. The van der Waals surface area contributed by atoms with Crippen molar-refractivity contribution in [3.05, 3.63) is 47.1 Å². The Morgan fingerprint density at radius 3 is 2.57 bits per heavy atom. The van der Waals surface area contributed by atoms with Gasteiger partial charge in [-0.15, -0.1) is 0 Å². The summed E-state index contributed by atoms with van der Waals surface area (Å²) in [5.41, 5.74) is 0.612. The minimum Gasteiger partial charge on any atom is -0.497 e. The van der Waals surface area contributed by atoms with Gasteiger partial charge in [-0.2, -0.15) is 4.98 Å². The predicted octanol–water partition coefficient (Wildman–Crippen LogP) is 2.39. The zero-order chi connectivity index (χ0) is 21.1. The fraction of sp³-hybridized carbons (Fsp3) is 0.381. The van der Waals surface area contributed by atoms with Crippen LogP contribution < -0.4 is 20.5 Å². The summed E-state index contributed by atoms with van der Waals surface area (Å²) in [6, 6.07) is 6.22. The number of benzene rings is 1. The number of anilines is 2. The van der Waals surface area contributed by atoms with Crippen LogP contribution in [0.5, 0.6) is 5.75 Å². The topological polar surface area (TPSA) is 102 Å². The Bertz CT molecular complexity index is 1110. The normalized spacial score (nSPS) is 15.1. The van der Waals surface area contributed by atoms with Crippen LogP contribution in [-0.2, 0) is 4.79 Å². The van der Waals surface area contributed by atoms with Crippen molar-refractivity contribution in [2.24, 2.45) is 0 Å². The van der Waals surface area contributed by atoms with Crippen molar-refractivity contribution >= 4 is 28.6 Å². The van der Waals surface area contributed by atoms with Crippen LogP contribution in [0.3, 0.4) is 0 Å². The van der Waals surface area contributed by atoms with E-state index in [4.69, 9.17) is 4.74 Å². The van der Waals surface area contributed by atoms with Crippen molar-refractivity contribution in [2.75, 3.05) is 30.4 Å². The third kappa shape index (κ3) is 3.96. The molecule has 0 bridgehead atoms. The number of ether oxygens (including phenoxy) is 1. The SMILES string of the molecule is COc1ccc(NC(=O)[C@@H](C)n2cnc3nc(N4CCCCC4)ncc3c2=O)cc1. The summed E-state index contributed by atoms with van der Waals surface area (Å²) < 4.78 is 6.41. The van der Waals surface area contributed by atoms with E-state index in [-0.39, 0.29) is 11.5 Å². The first kappa shape index (κ1) is 19.8. The number of methoxy groups -OCH3 is 1. The lowest BCUT2D eigenvalue weighted by Crippen LogP contribution is -2.33. The van der Waals surface area contributed by atoms with Crippen molar-refractivity contribution in [3.63, 3.8) is 0 Å². The molecule has 1 aromatic carbocycles. The second-order valence-corrected chi connectivity index (χ2v) is 7.31. The minimum atomic E-state index is -0.752. The van der Waals surface area contributed by atoms with E-state index >= 15 is 0 Å². The van der Waals surface area contributed by atoms with Gasteiger partial charge in [0.15, 0.2) is 5.65 Å². The Labute approximate surface area is 173 Å². The van der Waals surface area contributed by atoms with Gasteiger partial charge < -0.3 is 15.0 Å². The average molecular weight is 408 g/mol.